The Hall–Kier alpha value is -0.0800. The van der Waals surface area contributed by atoms with E-state index in [1.54, 1.807) is 0 Å². The highest BCUT2D eigenvalue weighted by Crippen LogP contribution is 2.37. The SMILES string of the molecule is CCN1CCCC1C1(O)CCCCC1. The molecule has 0 spiro atoms. The minimum Gasteiger partial charge on any atom is -0.388 e. The maximum Gasteiger partial charge on any atom is 0.0802 e. The smallest absolute Gasteiger partial charge is 0.0802 e. The van der Waals surface area contributed by atoms with Crippen molar-refractivity contribution in [3.8, 4) is 0 Å². The van der Waals surface area contributed by atoms with Crippen LogP contribution in [0.4, 0.5) is 0 Å². The third-order valence-electron chi connectivity index (χ3n) is 4.11. The van der Waals surface area contributed by atoms with Gasteiger partial charge in [0.1, 0.15) is 0 Å². The van der Waals surface area contributed by atoms with Crippen LogP contribution in [0.2, 0.25) is 0 Å². The summed E-state index contributed by atoms with van der Waals surface area (Å²) in [6.45, 7) is 4.51. The average molecular weight is 197 g/mol. The van der Waals surface area contributed by atoms with E-state index >= 15 is 0 Å². The predicted molar refractivity (Wildman–Crippen MR) is 58.3 cm³/mol. The molecule has 1 atom stereocenters. The second-order valence-electron chi connectivity index (χ2n) is 4.95. The minimum atomic E-state index is -0.342. The number of rotatable bonds is 2. The molecule has 2 fully saturated rings. The summed E-state index contributed by atoms with van der Waals surface area (Å²) in [5, 5.41) is 10.6. The van der Waals surface area contributed by atoms with Crippen molar-refractivity contribution in [3.05, 3.63) is 0 Å². The van der Waals surface area contributed by atoms with Gasteiger partial charge in [-0.15, -0.1) is 0 Å². The molecule has 1 saturated carbocycles. The predicted octanol–water partition coefficient (Wildman–Crippen LogP) is 2.17. The first-order valence-corrected chi connectivity index (χ1v) is 6.23. The molecule has 2 aliphatic rings. The van der Waals surface area contributed by atoms with E-state index in [1.165, 1.54) is 38.6 Å². The molecule has 1 saturated heterocycles. The van der Waals surface area contributed by atoms with Crippen LogP contribution in [0, 0.1) is 0 Å². The molecule has 1 heterocycles. The Balaban J connectivity index is 2.03. The van der Waals surface area contributed by atoms with Crippen LogP contribution in [-0.2, 0) is 0 Å². The topological polar surface area (TPSA) is 23.5 Å². The van der Waals surface area contributed by atoms with Gasteiger partial charge in [-0.1, -0.05) is 26.2 Å². The third-order valence-corrected chi connectivity index (χ3v) is 4.11. The van der Waals surface area contributed by atoms with Gasteiger partial charge in [-0.05, 0) is 38.8 Å². The number of likely N-dealkylation sites (tertiary alicyclic amines) is 1. The van der Waals surface area contributed by atoms with E-state index in [-0.39, 0.29) is 5.60 Å². The van der Waals surface area contributed by atoms with Crippen LogP contribution >= 0.6 is 0 Å². The van der Waals surface area contributed by atoms with Crippen LogP contribution in [0.3, 0.4) is 0 Å². The molecule has 82 valence electrons. The summed E-state index contributed by atoms with van der Waals surface area (Å²) in [5.74, 6) is 0. The molecular formula is C12H23NO. The zero-order valence-corrected chi connectivity index (χ0v) is 9.34. The molecule has 1 aliphatic carbocycles. The second kappa shape index (κ2) is 4.19. The highest BCUT2D eigenvalue weighted by molar-refractivity contribution is 4.97. The van der Waals surface area contributed by atoms with E-state index in [9.17, 15) is 5.11 Å². The highest BCUT2D eigenvalue weighted by atomic mass is 16.3. The first-order valence-electron chi connectivity index (χ1n) is 6.23. The summed E-state index contributed by atoms with van der Waals surface area (Å²) in [6, 6.07) is 0.466. The van der Waals surface area contributed by atoms with E-state index in [0.29, 0.717) is 6.04 Å². The number of aliphatic hydroxyl groups is 1. The van der Waals surface area contributed by atoms with Crippen LogP contribution < -0.4 is 0 Å². The van der Waals surface area contributed by atoms with Crippen molar-refractivity contribution in [1.29, 1.82) is 0 Å². The molecule has 2 heteroatoms. The first-order chi connectivity index (χ1) is 6.76. The Labute approximate surface area is 87.3 Å². The normalized spacial score (nSPS) is 33.4. The molecule has 2 nitrogen and oxygen atoms in total. The highest BCUT2D eigenvalue weighted by Gasteiger charge is 2.42. The molecule has 14 heavy (non-hydrogen) atoms. The maximum atomic E-state index is 10.6. The Morgan fingerprint density at radius 3 is 2.57 bits per heavy atom. The lowest BCUT2D eigenvalue weighted by Crippen LogP contribution is -2.50. The van der Waals surface area contributed by atoms with Crippen LogP contribution in [0.25, 0.3) is 0 Å². The second-order valence-corrected chi connectivity index (χ2v) is 4.95. The average Bonchev–Trinajstić information content (AvgIpc) is 2.67. The van der Waals surface area contributed by atoms with Crippen molar-refractivity contribution in [2.24, 2.45) is 0 Å². The molecule has 1 aliphatic heterocycles. The largest absolute Gasteiger partial charge is 0.388 e. The van der Waals surface area contributed by atoms with E-state index < -0.39 is 0 Å². The van der Waals surface area contributed by atoms with Gasteiger partial charge in [0.25, 0.3) is 0 Å². The Bertz CT molecular complexity index is 187. The van der Waals surface area contributed by atoms with Crippen molar-refractivity contribution in [3.63, 3.8) is 0 Å². The van der Waals surface area contributed by atoms with Gasteiger partial charge in [0.2, 0.25) is 0 Å². The summed E-state index contributed by atoms with van der Waals surface area (Å²) >= 11 is 0. The quantitative estimate of drug-likeness (QED) is 0.733. The van der Waals surface area contributed by atoms with Crippen LogP contribution in [0.15, 0.2) is 0 Å². The Morgan fingerprint density at radius 2 is 1.93 bits per heavy atom. The van der Waals surface area contributed by atoms with E-state index in [4.69, 9.17) is 0 Å². The van der Waals surface area contributed by atoms with E-state index in [1.807, 2.05) is 0 Å². The fourth-order valence-electron chi connectivity index (χ4n) is 3.31. The molecule has 0 bridgehead atoms. The lowest BCUT2D eigenvalue weighted by molar-refractivity contribution is -0.0588. The lowest BCUT2D eigenvalue weighted by atomic mass is 9.78. The molecule has 0 aromatic rings. The fraction of sp³-hybridized carbons (Fsp3) is 1.00. The maximum absolute atomic E-state index is 10.6. The number of likely N-dealkylation sites (N-methyl/N-ethyl adjacent to an activating group) is 1. The van der Waals surface area contributed by atoms with Gasteiger partial charge in [-0.2, -0.15) is 0 Å². The van der Waals surface area contributed by atoms with Crippen molar-refractivity contribution < 1.29 is 5.11 Å². The molecule has 1 N–H and O–H groups in total. The molecule has 0 aromatic heterocycles. The standard InChI is InChI=1S/C12H23NO/c1-2-13-10-6-7-11(13)12(14)8-4-3-5-9-12/h11,14H,2-10H2,1H3. The fourth-order valence-corrected chi connectivity index (χ4v) is 3.31. The molecular weight excluding hydrogens is 174 g/mol. The summed E-state index contributed by atoms with van der Waals surface area (Å²) in [4.78, 5) is 2.48. The zero-order valence-electron chi connectivity index (χ0n) is 9.34. The van der Waals surface area contributed by atoms with E-state index in [0.717, 1.165) is 19.4 Å². The first kappa shape index (κ1) is 10.4. The van der Waals surface area contributed by atoms with Crippen molar-refractivity contribution in [2.45, 2.75) is 63.5 Å². The van der Waals surface area contributed by atoms with Crippen LogP contribution in [0.1, 0.15) is 51.9 Å². The van der Waals surface area contributed by atoms with Gasteiger partial charge in [0, 0.05) is 6.04 Å². The monoisotopic (exact) mass is 197 g/mol. The van der Waals surface area contributed by atoms with Crippen molar-refractivity contribution >= 4 is 0 Å². The Morgan fingerprint density at radius 1 is 1.21 bits per heavy atom. The van der Waals surface area contributed by atoms with Crippen LogP contribution in [-0.4, -0.2) is 34.7 Å². The molecule has 0 amide bonds. The lowest BCUT2D eigenvalue weighted by Gasteiger charge is -2.41. The molecule has 0 radical (unpaired) electrons. The summed E-state index contributed by atoms with van der Waals surface area (Å²) in [7, 11) is 0. The Kier molecular flexibility index (Phi) is 3.13. The minimum absolute atomic E-state index is 0.342. The van der Waals surface area contributed by atoms with Gasteiger partial charge in [-0.3, -0.25) is 4.90 Å². The third kappa shape index (κ3) is 1.82. The number of hydrogen-bond donors (Lipinski definition) is 1. The zero-order chi connectivity index (χ0) is 10.0. The van der Waals surface area contributed by atoms with Gasteiger partial charge in [0.15, 0.2) is 0 Å². The summed E-state index contributed by atoms with van der Waals surface area (Å²) in [6.07, 6.45) is 8.34. The summed E-state index contributed by atoms with van der Waals surface area (Å²) < 4.78 is 0. The number of nitrogens with zero attached hydrogens (tertiary/aromatic N) is 1. The van der Waals surface area contributed by atoms with Gasteiger partial charge >= 0.3 is 0 Å². The molecule has 1 unspecified atom stereocenters. The van der Waals surface area contributed by atoms with Crippen LogP contribution in [0.5, 0.6) is 0 Å². The van der Waals surface area contributed by atoms with Gasteiger partial charge < -0.3 is 5.11 Å². The van der Waals surface area contributed by atoms with Crippen molar-refractivity contribution in [2.75, 3.05) is 13.1 Å². The van der Waals surface area contributed by atoms with Crippen molar-refractivity contribution in [1.82, 2.24) is 4.90 Å². The summed E-state index contributed by atoms with van der Waals surface area (Å²) in [5.41, 5.74) is -0.342. The van der Waals surface area contributed by atoms with E-state index in [2.05, 4.69) is 11.8 Å². The van der Waals surface area contributed by atoms with Gasteiger partial charge in [-0.25, -0.2) is 0 Å². The number of hydrogen-bond acceptors (Lipinski definition) is 2. The molecule has 2 rings (SSSR count). The molecule has 0 aromatic carbocycles. The van der Waals surface area contributed by atoms with Gasteiger partial charge in [0.05, 0.1) is 5.60 Å².